The number of unbranched alkanes of at least 4 members (excludes halogenated alkanes) is 1. The van der Waals surface area contributed by atoms with Crippen LogP contribution in [0, 0.1) is 0 Å². The molecular weight excluding hydrogens is 356 g/mol. The van der Waals surface area contributed by atoms with E-state index in [-0.39, 0.29) is 28.7 Å². The van der Waals surface area contributed by atoms with Crippen molar-refractivity contribution in [2.75, 3.05) is 16.4 Å². The van der Waals surface area contributed by atoms with Gasteiger partial charge in [-0.05, 0) is 30.5 Å². The SMILES string of the molecule is CCCCc1ccc(N2C(=NC(=O)CC)S[C@H]3CS(=O)(=O)C[C@@H]32)cc1. The molecule has 0 N–H and O–H groups in total. The minimum atomic E-state index is -3.03. The van der Waals surface area contributed by atoms with Gasteiger partial charge in [-0.15, -0.1) is 0 Å². The van der Waals surface area contributed by atoms with E-state index in [1.165, 1.54) is 17.3 Å². The Balaban J connectivity index is 1.90. The van der Waals surface area contributed by atoms with Crippen LogP contribution in [0.25, 0.3) is 0 Å². The third-order valence-corrected chi connectivity index (χ3v) is 7.83. The summed E-state index contributed by atoms with van der Waals surface area (Å²) in [5.74, 6) is 0.115. The number of fused-ring (bicyclic) bond motifs is 1. The summed E-state index contributed by atoms with van der Waals surface area (Å²) in [6, 6.07) is 8.08. The molecule has 2 heterocycles. The van der Waals surface area contributed by atoms with Gasteiger partial charge in [0.2, 0.25) is 5.91 Å². The largest absolute Gasteiger partial charge is 0.316 e. The van der Waals surface area contributed by atoms with Gasteiger partial charge >= 0.3 is 0 Å². The van der Waals surface area contributed by atoms with Gasteiger partial charge in [0.25, 0.3) is 0 Å². The molecule has 0 spiro atoms. The lowest BCUT2D eigenvalue weighted by Gasteiger charge is -2.24. The Morgan fingerprint density at radius 3 is 2.60 bits per heavy atom. The van der Waals surface area contributed by atoms with Crippen molar-refractivity contribution in [2.24, 2.45) is 4.99 Å². The Morgan fingerprint density at radius 2 is 1.96 bits per heavy atom. The number of carbonyl (C=O) groups excluding carboxylic acids is 1. The maximum absolute atomic E-state index is 12.0. The van der Waals surface area contributed by atoms with Crippen LogP contribution in [-0.4, -0.2) is 42.3 Å². The fourth-order valence-electron chi connectivity index (χ4n) is 3.26. The standard InChI is InChI=1S/C18H24N2O3S2/c1-3-5-6-13-7-9-14(10-8-13)20-15-11-25(22,23)12-16(15)24-18(20)19-17(21)4-2/h7-10,15-16H,3-6,11-12H2,1-2H3/t15-,16-/m0/s1. The Bertz CT molecular complexity index is 772. The van der Waals surface area contributed by atoms with Crippen molar-refractivity contribution in [3.63, 3.8) is 0 Å². The second-order valence-electron chi connectivity index (χ2n) is 6.58. The van der Waals surface area contributed by atoms with Crippen LogP contribution in [0.5, 0.6) is 0 Å². The van der Waals surface area contributed by atoms with Gasteiger partial charge in [-0.2, -0.15) is 4.99 Å². The van der Waals surface area contributed by atoms with Crippen molar-refractivity contribution >= 4 is 38.4 Å². The summed E-state index contributed by atoms with van der Waals surface area (Å²) in [7, 11) is -3.03. The predicted octanol–water partition coefficient (Wildman–Crippen LogP) is 3.04. The van der Waals surface area contributed by atoms with Crippen LogP contribution >= 0.6 is 11.8 Å². The number of hydrogen-bond donors (Lipinski definition) is 0. The van der Waals surface area contributed by atoms with Gasteiger partial charge in [0.05, 0.1) is 17.5 Å². The number of benzene rings is 1. The summed E-state index contributed by atoms with van der Waals surface area (Å²) < 4.78 is 24.1. The maximum atomic E-state index is 12.0. The lowest BCUT2D eigenvalue weighted by atomic mass is 10.1. The van der Waals surface area contributed by atoms with Gasteiger partial charge in [-0.3, -0.25) is 4.79 Å². The molecule has 2 saturated heterocycles. The van der Waals surface area contributed by atoms with E-state index in [0.717, 1.165) is 24.9 Å². The fourth-order valence-corrected chi connectivity index (χ4v) is 7.19. The molecule has 2 atom stereocenters. The zero-order valence-corrected chi connectivity index (χ0v) is 16.3. The molecule has 2 fully saturated rings. The van der Waals surface area contributed by atoms with Crippen molar-refractivity contribution in [1.82, 2.24) is 0 Å². The molecule has 2 aliphatic rings. The molecule has 2 aliphatic heterocycles. The second kappa shape index (κ2) is 7.50. The van der Waals surface area contributed by atoms with Crippen molar-refractivity contribution in [1.29, 1.82) is 0 Å². The number of sulfone groups is 1. The fraction of sp³-hybridized carbons (Fsp3) is 0.556. The Kier molecular flexibility index (Phi) is 5.53. The number of thioether (sulfide) groups is 1. The van der Waals surface area contributed by atoms with Crippen LogP contribution in [0.15, 0.2) is 29.3 Å². The number of amidine groups is 1. The normalized spacial score (nSPS) is 26.2. The second-order valence-corrected chi connectivity index (χ2v) is 9.94. The van der Waals surface area contributed by atoms with E-state index in [2.05, 4.69) is 24.0 Å². The van der Waals surface area contributed by atoms with Crippen LogP contribution in [-0.2, 0) is 21.1 Å². The van der Waals surface area contributed by atoms with E-state index < -0.39 is 9.84 Å². The lowest BCUT2D eigenvalue weighted by molar-refractivity contribution is -0.117. The zero-order valence-electron chi connectivity index (χ0n) is 14.6. The van der Waals surface area contributed by atoms with Gasteiger partial charge in [0.15, 0.2) is 15.0 Å². The number of nitrogens with zero attached hydrogens (tertiary/aromatic N) is 2. The number of carbonyl (C=O) groups is 1. The number of aliphatic imine (C=N–C) groups is 1. The van der Waals surface area contributed by atoms with E-state index in [4.69, 9.17) is 0 Å². The summed E-state index contributed by atoms with van der Waals surface area (Å²) in [4.78, 5) is 18.0. The first-order chi connectivity index (χ1) is 11.9. The third-order valence-electron chi connectivity index (χ3n) is 4.62. The van der Waals surface area contributed by atoms with E-state index >= 15 is 0 Å². The predicted molar refractivity (Wildman–Crippen MR) is 104 cm³/mol. The number of hydrogen-bond acceptors (Lipinski definition) is 4. The minimum absolute atomic E-state index is 0.0480. The lowest BCUT2D eigenvalue weighted by Crippen LogP contribution is -2.37. The number of rotatable bonds is 5. The molecule has 3 rings (SSSR count). The highest BCUT2D eigenvalue weighted by Gasteiger charge is 2.49. The summed E-state index contributed by atoms with van der Waals surface area (Å²) in [5, 5.41) is 0.589. The molecule has 1 aromatic carbocycles. The Hall–Kier alpha value is -1.34. The third kappa shape index (κ3) is 4.08. The molecule has 7 heteroatoms. The van der Waals surface area contributed by atoms with Crippen molar-refractivity contribution in [2.45, 2.75) is 50.8 Å². The van der Waals surface area contributed by atoms with Gasteiger partial charge in [-0.1, -0.05) is 44.2 Å². The van der Waals surface area contributed by atoms with Crippen molar-refractivity contribution in [3.8, 4) is 0 Å². The molecule has 136 valence electrons. The van der Waals surface area contributed by atoms with Crippen molar-refractivity contribution < 1.29 is 13.2 Å². The van der Waals surface area contributed by atoms with Crippen LogP contribution in [0.2, 0.25) is 0 Å². The molecule has 0 bridgehead atoms. The highest BCUT2D eigenvalue weighted by Crippen LogP contribution is 2.41. The molecule has 0 aromatic heterocycles. The topological polar surface area (TPSA) is 66.8 Å². The van der Waals surface area contributed by atoms with Crippen LogP contribution in [0.1, 0.15) is 38.7 Å². The number of anilines is 1. The first kappa shape index (κ1) is 18.5. The highest BCUT2D eigenvalue weighted by molar-refractivity contribution is 8.16. The molecule has 0 saturated carbocycles. The molecule has 5 nitrogen and oxygen atoms in total. The van der Waals surface area contributed by atoms with Gasteiger partial charge in [0, 0.05) is 17.4 Å². The van der Waals surface area contributed by atoms with Crippen LogP contribution in [0.4, 0.5) is 5.69 Å². The van der Waals surface area contributed by atoms with E-state index in [1.54, 1.807) is 6.92 Å². The smallest absolute Gasteiger partial charge is 0.247 e. The monoisotopic (exact) mass is 380 g/mol. The first-order valence-electron chi connectivity index (χ1n) is 8.80. The maximum Gasteiger partial charge on any atom is 0.247 e. The van der Waals surface area contributed by atoms with Crippen LogP contribution in [0.3, 0.4) is 0 Å². The minimum Gasteiger partial charge on any atom is -0.316 e. The summed E-state index contributed by atoms with van der Waals surface area (Å²) in [6.07, 6.45) is 3.70. The average molecular weight is 381 g/mol. The van der Waals surface area contributed by atoms with Gasteiger partial charge in [0.1, 0.15) is 0 Å². The highest BCUT2D eigenvalue weighted by atomic mass is 32.2. The van der Waals surface area contributed by atoms with E-state index in [0.29, 0.717) is 11.6 Å². The molecule has 0 aliphatic carbocycles. The summed E-state index contributed by atoms with van der Waals surface area (Å²) in [5.41, 5.74) is 2.19. The summed E-state index contributed by atoms with van der Waals surface area (Å²) >= 11 is 1.42. The first-order valence-corrected chi connectivity index (χ1v) is 11.5. The summed E-state index contributed by atoms with van der Waals surface area (Å²) in [6.45, 7) is 3.95. The average Bonchev–Trinajstić information content (AvgIpc) is 3.04. The van der Waals surface area contributed by atoms with E-state index in [1.807, 2.05) is 17.0 Å². The molecule has 25 heavy (non-hydrogen) atoms. The molecular formula is C18H24N2O3S2. The molecule has 1 aromatic rings. The number of aryl methyl sites for hydroxylation is 1. The van der Waals surface area contributed by atoms with Gasteiger partial charge < -0.3 is 4.90 Å². The zero-order chi connectivity index (χ0) is 18.0. The van der Waals surface area contributed by atoms with E-state index in [9.17, 15) is 13.2 Å². The Labute approximate surface area is 153 Å². The molecule has 0 radical (unpaired) electrons. The molecule has 0 unspecified atom stereocenters. The number of amides is 1. The Morgan fingerprint density at radius 1 is 1.24 bits per heavy atom. The van der Waals surface area contributed by atoms with Crippen molar-refractivity contribution in [3.05, 3.63) is 29.8 Å². The van der Waals surface area contributed by atoms with Crippen LogP contribution < -0.4 is 4.90 Å². The quantitative estimate of drug-likeness (QED) is 0.785. The van der Waals surface area contributed by atoms with Gasteiger partial charge in [-0.25, -0.2) is 8.42 Å². The molecule has 1 amide bonds.